The molecule has 3 N–H and O–H groups in total. The molecular weight excluding hydrogens is 204 g/mol. The van der Waals surface area contributed by atoms with Gasteiger partial charge in [-0.1, -0.05) is 11.8 Å². The van der Waals surface area contributed by atoms with E-state index in [9.17, 15) is 4.79 Å². The number of hydrogen-bond acceptors (Lipinski definition) is 6. The van der Waals surface area contributed by atoms with Gasteiger partial charge in [-0.15, -0.1) is 10.2 Å². The van der Waals surface area contributed by atoms with E-state index in [1.807, 2.05) is 6.92 Å². The molecule has 1 aromatic heterocycles. The van der Waals surface area contributed by atoms with Gasteiger partial charge in [0.1, 0.15) is 0 Å². The number of hydrogen-bond donors (Lipinski definition) is 2. The molecule has 1 heterocycles. The lowest BCUT2D eigenvalue weighted by Crippen LogP contribution is -2.24. The molecule has 6 nitrogen and oxygen atoms in total. The molecule has 0 bridgehead atoms. The van der Waals surface area contributed by atoms with Crippen molar-refractivity contribution < 1.29 is 9.21 Å². The van der Waals surface area contributed by atoms with Crippen molar-refractivity contribution in [3.05, 3.63) is 5.89 Å². The second-order valence-electron chi connectivity index (χ2n) is 2.41. The molecule has 0 aliphatic rings. The number of thioether (sulfide) groups is 1. The number of nitrogens with zero attached hydrogens (tertiary/aromatic N) is 2. The second kappa shape index (κ2) is 5.61. The first kappa shape index (κ1) is 11.0. The first-order chi connectivity index (χ1) is 6.76. The van der Waals surface area contributed by atoms with Crippen LogP contribution in [0, 0.1) is 0 Å². The van der Waals surface area contributed by atoms with Crippen molar-refractivity contribution in [1.29, 1.82) is 0 Å². The highest BCUT2D eigenvalue weighted by Gasteiger charge is 2.07. The van der Waals surface area contributed by atoms with E-state index in [-0.39, 0.29) is 18.2 Å². The van der Waals surface area contributed by atoms with Crippen LogP contribution in [0.1, 0.15) is 12.8 Å². The Morgan fingerprint density at radius 1 is 1.64 bits per heavy atom. The molecule has 1 amide bonds. The topological polar surface area (TPSA) is 94.0 Å². The maximum absolute atomic E-state index is 11.0. The van der Waals surface area contributed by atoms with E-state index >= 15 is 0 Å². The van der Waals surface area contributed by atoms with Gasteiger partial charge in [0, 0.05) is 6.54 Å². The monoisotopic (exact) mass is 216 g/mol. The van der Waals surface area contributed by atoms with Crippen LogP contribution >= 0.6 is 11.8 Å². The SMILES string of the molecule is CCNC(=O)CSc1nnc(CN)o1. The molecule has 0 aliphatic heterocycles. The second-order valence-corrected chi connectivity index (χ2v) is 3.33. The zero-order valence-corrected chi connectivity index (χ0v) is 8.63. The number of carbonyl (C=O) groups is 1. The van der Waals surface area contributed by atoms with Gasteiger partial charge in [0.15, 0.2) is 0 Å². The molecule has 7 heteroatoms. The van der Waals surface area contributed by atoms with Crippen LogP contribution in [-0.4, -0.2) is 28.4 Å². The van der Waals surface area contributed by atoms with Crippen LogP contribution in [0.25, 0.3) is 0 Å². The Labute approximate surface area is 85.6 Å². The summed E-state index contributed by atoms with van der Waals surface area (Å²) in [5, 5.41) is 10.4. The number of rotatable bonds is 5. The van der Waals surface area contributed by atoms with E-state index in [1.165, 1.54) is 11.8 Å². The lowest BCUT2D eigenvalue weighted by Gasteiger charge is -1.97. The van der Waals surface area contributed by atoms with Crippen molar-refractivity contribution in [2.24, 2.45) is 5.73 Å². The number of nitrogens with two attached hydrogens (primary N) is 1. The van der Waals surface area contributed by atoms with Crippen LogP contribution < -0.4 is 11.1 Å². The molecular formula is C7H12N4O2S. The molecule has 1 rings (SSSR count). The number of carbonyl (C=O) groups excluding carboxylic acids is 1. The van der Waals surface area contributed by atoms with Gasteiger partial charge in [-0.3, -0.25) is 4.79 Å². The summed E-state index contributed by atoms with van der Waals surface area (Å²) in [6, 6.07) is 0. The van der Waals surface area contributed by atoms with Gasteiger partial charge in [-0.25, -0.2) is 0 Å². The summed E-state index contributed by atoms with van der Waals surface area (Å²) < 4.78 is 5.10. The fourth-order valence-electron chi connectivity index (χ4n) is 0.755. The Morgan fingerprint density at radius 3 is 3.00 bits per heavy atom. The van der Waals surface area contributed by atoms with E-state index in [1.54, 1.807) is 0 Å². The molecule has 0 radical (unpaired) electrons. The molecule has 0 saturated carbocycles. The van der Waals surface area contributed by atoms with E-state index in [0.717, 1.165) is 0 Å². The largest absolute Gasteiger partial charge is 0.415 e. The third kappa shape index (κ3) is 3.35. The zero-order chi connectivity index (χ0) is 10.4. The summed E-state index contributed by atoms with van der Waals surface area (Å²) >= 11 is 1.20. The molecule has 0 unspecified atom stereocenters. The summed E-state index contributed by atoms with van der Waals surface area (Å²) in [5.41, 5.74) is 5.28. The van der Waals surface area contributed by atoms with Crippen molar-refractivity contribution in [3.63, 3.8) is 0 Å². The van der Waals surface area contributed by atoms with Crippen LogP contribution in [-0.2, 0) is 11.3 Å². The van der Waals surface area contributed by atoms with Crippen molar-refractivity contribution in [2.45, 2.75) is 18.7 Å². The van der Waals surface area contributed by atoms with E-state index in [2.05, 4.69) is 15.5 Å². The summed E-state index contributed by atoms with van der Waals surface area (Å²) in [5.74, 6) is 0.605. The number of aromatic nitrogens is 2. The normalized spacial score (nSPS) is 10.1. The highest BCUT2D eigenvalue weighted by Crippen LogP contribution is 2.14. The third-order valence-corrected chi connectivity index (χ3v) is 2.14. The van der Waals surface area contributed by atoms with Gasteiger partial charge < -0.3 is 15.5 Å². The lowest BCUT2D eigenvalue weighted by atomic mass is 10.6. The van der Waals surface area contributed by atoms with Gasteiger partial charge in [0.25, 0.3) is 5.22 Å². The maximum atomic E-state index is 11.0. The number of nitrogens with one attached hydrogen (secondary N) is 1. The molecule has 0 aliphatic carbocycles. The first-order valence-electron chi connectivity index (χ1n) is 4.18. The minimum atomic E-state index is -0.0509. The summed E-state index contributed by atoms with van der Waals surface area (Å²) in [6.45, 7) is 2.70. The van der Waals surface area contributed by atoms with Crippen LogP contribution in [0.2, 0.25) is 0 Å². The van der Waals surface area contributed by atoms with E-state index in [4.69, 9.17) is 10.2 Å². The van der Waals surface area contributed by atoms with E-state index < -0.39 is 0 Å². The predicted octanol–water partition coefficient (Wildman–Crippen LogP) is -0.243. The molecule has 0 spiro atoms. The highest BCUT2D eigenvalue weighted by molar-refractivity contribution is 7.99. The zero-order valence-electron chi connectivity index (χ0n) is 7.82. The summed E-state index contributed by atoms with van der Waals surface area (Å²) in [6.07, 6.45) is 0. The molecule has 0 aromatic carbocycles. The Kier molecular flexibility index (Phi) is 4.41. The maximum Gasteiger partial charge on any atom is 0.277 e. The third-order valence-electron chi connectivity index (χ3n) is 1.32. The van der Waals surface area contributed by atoms with Gasteiger partial charge in [0.2, 0.25) is 11.8 Å². The average molecular weight is 216 g/mol. The van der Waals surface area contributed by atoms with Gasteiger partial charge >= 0.3 is 0 Å². The van der Waals surface area contributed by atoms with Crippen molar-refractivity contribution >= 4 is 17.7 Å². The Hall–Kier alpha value is -1.08. The standard InChI is InChI=1S/C7H12N4O2S/c1-2-9-5(12)4-14-7-11-10-6(3-8)13-7/h2-4,8H2,1H3,(H,9,12). The fourth-order valence-corrected chi connectivity index (χ4v) is 1.36. The molecule has 78 valence electrons. The first-order valence-corrected chi connectivity index (χ1v) is 5.16. The van der Waals surface area contributed by atoms with Crippen LogP contribution in [0.5, 0.6) is 0 Å². The molecule has 1 aromatic rings. The molecule has 14 heavy (non-hydrogen) atoms. The molecule has 0 fully saturated rings. The molecule has 0 saturated heterocycles. The predicted molar refractivity (Wildman–Crippen MR) is 51.6 cm³/mol. The Balaban J connectivity index is 2.34. The van der Waals surface area contributed by atoms with Crippen molar-refractivity contribution in [2.75, 3.05) is 12.3 Å². The molecule has 0 atom stereocenters. The van der Waals surface area contributed by atoms with Gasteiger partial charge in [-0.05, 0) is 6.92 Å². The summed E-state index contributed by atoms with van der Waals surface area (Å²) in [7, 11) is 0. The minimum Gasteiger partial charge on any atom is -0.415 e. The van der Waals surface area contributed by atoms with Crippen molar-refractivity contribution in [1.82, 2.24) is 15.5 Å². The van der Waals surface area contributed by atoms with Crippen LogP contribution in [0.3, 0.4) is 0 Å². The van der Waals surface area contributed by atoms with Crippen LogP contribution in [0.4, 0.5) is 0 Å². The number of amides is 1. The Bertz CT molecular complexity index is 302. The minimum absolute atomic E-state index is 0.0509. The highest BCUT2D eigenvalue weighted by atomic mass is 32.2. The van der Waals surface area contributed by atoms with Gasteiger partial charge in [-0.2, -0.15) is 0 Å². The van der Waals surface area contributed by atoms with Gasteiger partial charge in [0.05, 0.1) is 12.3 Å². The summed E-state index contributed by atoms with van der Waals surface area (Å²) in [4.78, 5) is 11.0. The van der Waals surface area contributed by atoms with Crippen LogP contribution in [0.15, 0.2) is 9.64 Å². The Morgan fingerprint density at radius 2 is 2.43 bits per heavy atom. The van der Waals surface area contributed by atoms with E-state index in [0.29, 0.717) is 17.7 Å². The quantitative estimate of drug-likeness (QED) is 0.659. The average Bonchev–Trinajstić information content (AvgIpc) is 2.63. The van der Waals surface area contributed by atoms with Crippen molar-refractivity contribution in [3.8, 4) is 0 Å². The fraction of sp³-hybridized carbons (Fsp3) is 0.571. The lowest BCUT2D eigenvalue weighted by molar-refractivity contribution is -0.118. The smallest absolute Gasteiger partial charge is 0.277 e.